The molecule has 7 heteroatoms. The van der Waals surface area contributed by atoms with Gasteiger partial charge in [0.05, 0.1) is 29.3 Å². The number of aromatic nitrogens is 3. The highest BCUT2D eigenvalue weighted by Gasteiger charge is 2.18. The standard InChI is InChI=1S/C22H23N5O2/c23-13-24-22(29)21-16(5-4-10-28)12-18(26-21)15-8-9-20-19(11-15)25-14-27(20)17-6-2-1-3-7-17/h8-9,11-14,17,26,28H,1-3,6-7,10H2,(H2,23,24,29). The van der Waals surface area contributed by atoms with Gasteiger partial charge >= 0.3 is 0 Å². The van der Waals surface area contributed by atoms with E-state index < -0.39 is 5.91 Å². The molecule has 148 valence electrons. The number of H-pyrrole nitrogens is 1. The van der Waals surface area contributed by atoms with Crippen LogP contribution in [-0.2, 0) is 0 Å². The second-order valence-corrected chi connectivity index (χ2v) is 7.16. The molecule has 0 bridgehead atoms. The molecule has 1 saturated carbocycles. The number of fused-ring (bicyclic) bond motifs is 1. The molecule has 7 nitrogen and oxygen atoms in total. The zero-order valence-electron chi connectivity index (χ0n) is 16.1. The summed E-state index contributed by atoms with van der Waals surface area (Å²) in [4.78, 5) is 23.5. The summed E-state index contributed by atoms with van der Waals surface area (Å²) in [6.45, 7) is -0.293. The molecule has 4 N–H and O–H groups in total. The molecule has 0 aliphatic heterocycles. The molecule has 0 radical (unpaired) electrons. The molecule has 2 aromatic heterocycles. The molecule has 0 spiro atoms. The zero-order valence-corrected chi connectivity index (χ0v) is 16.1. The maximum Gasteiger partial charge on any atom is 0.296 e. The number of amides is 1. The predicted octanol–water partition coefficient (Wildman–Crippen LogP) is 3.01. The van der Waals surface area contributed by atoms with Gasteiger partial charge in [0.15, 0.2) is 0 Å². The van der Waals surface area contributed by atoms with Gasteiger partial charge in [0, 0.05) is 17.3 Å². The van der Waals surface area contributed by atoms with Crippen LogP contribution in [0.4, 0.5) is 0 Å². The van der Waals surface area contributed by atoms with Crippen LogP contribution in [0.5, 0.6) is 0 Å². The Balaban J connectivity index is 1.71. The number of nitrogens with zero attached hydrogens (tertiary/aromatic N) is 3. The molecule has 1 aliphatic rings. The molecule has 0 atom stereocenters. The Morgan fingerprint density at radius 3 is 2.93 bits per heavy atom. The fourth-order valence-electron chi connectivity index (χ4n) is 3.99. The van der Waals surface area contributed by atoms with Crippen molar-refractivity contribution in [2.45, 2.75) is 38.1 Å². The van der Waals surface area contributed by atoms with Crippen LogP contribution in [0.2, 0.25) is 0 Å². The molecule has 1 fully saturated rings. The number of nitrogens with one attached hydrogen (secondary N) is 1. The number of aliphatic hydroxyl groups excluding tert-OH is 1. The Morgan fingerprint density at radius 1 is 1.34 bits per heavy atom. The van der Waals surface area contributed by atoms with Gasteiger partial charge < -0.3 is 20.4 Å². The van der Waals surface area contributed by atoms with E-state index in [1.54, 1.807) is 6.07 Å². The molecule has 2 heterocycles. The van der Waals surface area contributed by atoms with E-state index in [2.05, 4.69) is 37.4 Å². The number of hydrogen-bond donors (Lipinski definition) is 3. The van der Waals surface area contributed by atoms with Gasteiger partial charge in [0.2, 0.25) is 0 Å². The SMILES string of the molecule is NC=NC(=O)c1[nH]c(-c2ccc3c(c2)ncn3C2CCCCC2)cc1C#CCO. The van der Waals surface area contributed by atoms with Gasteiger partial charge in [-0.1, -0.05) is 37.2 Å². The molecule has 1 aromatic carbocycles. The summed E-state index contributed by atoms with van der Waals surface area (Å²) in [6.07, 6.45) is 9.14. The van der Waals surface area contributed by atoms with Crippen molar-refractivity contribution in [3.63, 3.8) is 0 Å². The minimum absolute atomic E-state index is 0.246. The van der Waals surface area contributed by atoms with E-state index in [0.29, 0.717) is 11.6 Å². The van der Waals surface area contributed by atoms with Crippen LogP contribution in [0.1, 0.15) is 54.2 Å². The van der Waals surface area contributed by atoms with Gasteiger partial charge in [-0.15, -0.1) is 0 Å². The van der Waals surface area contributed by atoms with Crippen LogP contribution in [0, 0.1) is 11.8 Å². The maximum atomic E-state index is 12.2. The van der Waals surface area contributed by atoms with Crippen LogP contribution in [0.25, 0.3) is 22.3 Å². The molecular weight excluding hydrogens is 366 g/mol. The summed E-state index contributed by atoms with van der Waals surface area (Å²) in [7, 11) is 0. The Morgan fingerprint density at radius 2 is 2.17 bits per heavy atom. The lowest BCUT2D eigenvalue weighted by atomic mass is 9.95. The van der Waals surface area contributed by atoms with Crippen LogP contribution in [0.3, 0.4) is 0 Å². The van der Waals surface area contributed by atoms with Gasteiger partial charge in [-0.2, -0.15) is 4.99 Å². The van der Waals surface area contributed by atoms with Gasteiger partial charge in [-0.05, 0) is 31.0 Å². The lowest BCUT2D eigenvalue weighted by Gasteiger charge is -2.23. The molecule has 0 unspecified atom stereocenters. The molecule has 1 amide bonds. The third kappa shape index (κ3) is 3.80. The van der Waals surface area contributed by atoms with E-state index in [4.69, 9.17) is 10.8 Å². The lowest BCUT2D eigenvalue weighted by Crippen LogP contribution is -2.11. The minimum Gasteiger partial charge on any atom is -0.390 e. The lowest BCUT2D eigenvalue weighted by molar-refractivity contribution is 0.0999. The van der Waals surface area contributed by atoms with Gasteiger partial charge in [0.1, 0.15) is 12.3 Å². The summed E-state index contributed by atoms with van der Waals surface area (Å²) >= 11 is 0. The van der Waals surface area contributed by atoms with Crippen molar-refractivity contribution in [3.8, 4) is 23.1 Å². The molecule has 1 aliphatic carbocycles. The molecular formula is C22H23N5O2. The first-order chi connectivity index (χ1) is 14.2. The number of carbonyl (C=O) groups is 1. The monoisotopic (exact) mass is 389 g/mol. The van der Waals surface area contributed by atoms with Crippen LogP contribution >= 0.6 is 0 Å². The highest BCUT2D eigenvalue weighted by molar-refractivity contribution is 6.00. The first-order valence-electron chi connectivity index (χ1n) is 9.79. The topological polar surface area (TPSA) is 109 Å². The van der Waals surface area contributed by atoms with E-state index >= 15 is 0 Å². The molecule has 4 rings (SSSR count). The summed E-state index contributed by atoms with van der Waals surface area (Å²) in [6, 6.07) is 8.39. The highest BCUT2D eigenvalue weighted by Crippen LogP contribution is 2.32. The van der Waals surface area contributed by atoms with Crippen molar-refractivity contribution >= 4 is 23.3 Å². The van der Waals surface area contributed by atoms with Gasteiger partial charge in [0.25, 0.3) is 5.91 Å². The summed E-state index contributed by atoms with van der Waals surface area (Å²) in [5.41, 5.74) is 9.63. The summed E-state index contributed by atoms with van der Waals surface area (Å²) < 4.78 is 2.29. The molecule has 3 aromatic rings. The van der Waals surface area contributed by atoms with Crippen molar-refractivity contribution in [3.05, 3.63) is 41.9 Å². The van der Waals surface area contributed by atoms with Crippen molar-refractivity contribution in [1.82, 2.24) is 14.5 Å². The van der Waals surface area contributed by atoms with E-state index in [1.807, 2.05) is 18.5 Å². The first-order valence-corrected chi connectivity index (χ1v) is 9.79. The van der Waals surface area contributed by atoms with Crippen molar-refractivity contribution in [2.75, 3.05) is 6.61 Å². The second kappa shape index (κ2) is 8.33. The third-order valence-electron chi connectivity index (χ3n) is 5.38. The quantitative estimate of drug-likeness (QED) is 0.363. The fourth-order valence-corrected chi connectivity index (χ4v) is 3.99. The third-order valence-corrected chi connectivity index (χ3v) is 5.38. The minimum atomic E-state index is -0.511. The number of aliphatic hydroxyl groups is 1. The first kappa shape index (κ1) is 19.0. The number of hydrogen-bond acceptors (Lipinski definition) is 3. The molecule has 0 saturated heterocycles. The predicted molar refractivity (Wildman–Crippen MR) is 113 cm³/mol. The smallest absolute Gasteiger partial charge is 0.296 e. The fraction of sp³-hybridized carbons (Fsp3) is 0.318. The second-order valence-electron chi connectivity index (χ2n) is 7.16. The maximum absolute atomic E-state index is 12.2. The van der Waals surface area contributed by atoms with E-state index in [0.717, 1.165) is 28.6 Å². The number of rotatable bonds is 3. The van der Waals surface area contributed by atoms with Crippen LogP contribution in [0.15, 0.2) is 35.6 Å². The van der Waals surface area contributed by atoms with E-state index in [-0.39, 0.29) is 12.3 Å². The van der Waals surface area contributed by atoms with Crippen molar-refractivity contribution < 1.29 is 9.90 Å². The normalized spacial score (nSPS) is 14.9. The van der Waals surface area contributed by atoms with Crippen molar-refractivity contribution in [2.24, 2.45) is 10.7 Å². The van der Waals surface area contributed by atoms with E-state index in [9.17, 15) is 4.79 Å². The zero-order chi connectivity index (χ0) is 20.2. The Hall–Kier alpha value is -3.37. The molecule has 29 heavy (non-hydrogen) atoms. The van der Waals surface area contributed by atoms with Crippen LogP contribution < -0.4 is 5.73 Å². The van der Waals surface area contributed by atoms with E-state index in [1.165, 1.54) is 32.1 Å². The van der Waals surface area contributed by atoms with Gasteiger partial charge in [-0.25, -0.2) is 4.98 Å². The number of aromatic amines is 1. The van der Waals surface area contributed by atoms with Crippen LogP contribution in [-0.4, -0.2) is 38.5 Å². The Labute approximate surface area is 168 Å². The number of carbonyl (C=O) groups excluding carboxylic acids is 1. The van der Waals surface area contributed by atoms with Crippen molar-refractivity contribution in [1.29, 1.82) is 0 Å². The number of benzene rings is 1. The number of aliphatic imine (C=N–C) groups is 1. The van der Waals surface area contributed by atoms with Gasteiger partial charge in [-0.3, -0.25) is 4.79 Å². The summed E-state index contributed by atoms with van der Waals surface area (Å²) in [5.74, 6) is 4.85. The largest absolute Gasteiger partial charge is 0.390 e. The summed E-state index contributed by atoms with van der Waals surface area (Å²) in [5, 5.41) is 8.98. The average molecular weight is 389 g/mol. The highest BCUT2D eigenvalue weighted by atomic mass is 16.2. The number of nitrogens with two attached hydrogens (primary N) is 1. The number of imidazole rings is 1. The Kier molecular flexibility index (Phi) is 5.45. The average Bonchev–Trinajstić information content (AvgIpc) is 3.37. The Bertz CT molecular complexity index is 1120.